The third-order valence-corrected chi connectivity index (χ3v) is 9.54. The van der Waals surface area contributed by atoms with Crippen molar-refractivity contribution in [1.29, 1.82) is 0 Å². The molecule has 5 atom stereocenters. The normalized spacial score (nSPS) is 25.1. The summed E-state index contributed by atoms with van der Waals surface area (Å²) in [5.41, 5.74) is 4.22. The first-order valence-electron chi connectivity index (χ1n) is 17.1. The zero-order valence-electron chi connectivity index (χ0n) is 27.3. The van der Waals surface area contributed by atoms with Crippen LogP contribution in [0, 0.1) is 23.7 Å². The monoisotopic (exact) mass is 579 g/mol. The third-order valence-electron chi connectivity index (χ3n) is 8.99. The zero-order chi connectivity index (χ0) is 29.9. The summed E-state index contributed by atoms with van der Waals surface area (Å²) in [6.45, 7) is 18.8. The molecule has 1 heterocycles. The molecule has 1 saturated heterocycles. The molecular formula is C39H62ClN. The van der Waals surface area contributed by atoms with Crippen molar-refractivity contribution in [3.8, 4) is 0 Å². The van der Waals surface area contributed by atoms with Crippen LogP contribution in [-0.4, -0.2) is 29.9 Å². The number of alkyl halides is 1. The summed E-state index contributed by atoms with van der Waals surface area (Å²) in [4.78, 5) is 2.57. The molecule has 3 aliphatic rings. The molecule has 0 radical (unpaired) electrons. The Labute approximate surface area is 260 Å². The summed E-state index contributed by atoms with van der Waals surface area (Å²) >= 11 is 6.76. The molecule has 2 fully saturated rings. The molecule has 4 rings (SSSR count). The summed E-state index contributed by atoms with van der Waals surface area (Å²) in [6.07, 6.45) is 27.2. The average Bonchev–Trinajstić information content (AvgIpc) is 3.37. The fraction of sp³-hybridized carbons (Fsp3) is 0.641. The molecular weight excluding hydrogens is 518 g/mol. The number of likely N-dealkylation sites (tertiary alicyclic amines) is 1. The minimum Gasteiger partial charge on any atom is -0.303 e. The Morgan fingerprint density at radius 2 is 1.80 bits per heavy atom. The van der Waals surface area contributed by atoms with Crippen molar-refractivity contribution in [3.05, 3.63) is 84.0 Å². The third kappa shape index (κ3) is 13.5. The second-order valence-corrected chi connectivity index (χ2v) is 13.0. The predicted molar refractivity (Wildman–Crippen MR) is 185 cm³/mol. The lowest BCUT2D eigenvalue weighted by molar-refractivity contribution is 0.229. The van der Waals surface area contributed by atoms with Crippen LogP contribution in [0.1, 0.15) is 111 Å². The summed E-state index contributed by atoms with van der Waals surface area (Å²) in [7, 11) is 0. The zero-order valence-corrected chi connectivity index (χ0v) is 28.1. The van der Waals surface area contributed by atoms with Crippen molar-refractivity contribution in [1.82, 2.24) is 4.90 Å². The number of piperidine rings is 1. The lowest BCUT2D eigenvalue weighted by atomic mass is 9.76. The SMILES string of the molecule is C=C(C)CCC/C=C\CC1C(Cl)CCC1C1C=CC(C(C)Cc2ccccc2)=CC1.CC.CCCN1CCCCC1. The van der Waals surface area contributed by atoms with Gasteiger partial charge in [-0.1, -0.05) is 100 Å². The van der Waals surface area contributed by atoms with E-state index in [4.69, 9.17) is 11.6 Å². The van der Waals surface area contributed by atoms with E-state index in [1.54, 1.807) is 0 Å². The van der Waals surface area contributed by atoms with Gasteiger partial charge >= 0.3 is 0 Å². The molecule has 2 heteroatoms. The van der Waals surface area contributed by atoms with E-state index in [0.29, 0.717) is 23.1 Å². The van der Waals surface area contributed by atoms with Crippen LogP contribution < -0.4 is 0 Å². The van der Waals surface area contributed by atoms with E-state index in [1.165, 1.54) is 87.7 Å². The molecule has 2 aliphatic carbocycles. The number of hydrogen-bond acceptors (Lipinski definition) is 1. The molecule has 1 aliphatic heterocycles. The molecule has 0 spiro atoms. The number of nitrogens with zero attached hydrogens (tertiary/aromatic N) is 1. The molecule has 1 aromatic rings. The van der Waals surface area contributed by atoms with Crippen LogP contribution in [0.5, 0.6) is 0 Å². The first kappa shape index (κ1) is 35.6. The van der Waals surface area contributed by atoms with Crippen molar-refractivity contribution >= 4 is 11.6 Å². The van der Waals surface area contributed by atoms with E-state index in [0.717, 1.165) is 31.6 Å². The summed E-state index contributed by atoms with van der Waals surface area (Å²) in [6, 6.07) is 10.9. The van der Waals surface area contributed by atoms with E-state index < -0.39 is 0 Å². The molecule has 1 nitrogen and oxygen atoms in total. The number of benzene rings is 1. The summed E-state index contributed by atoms with van der Waals surface area (Å²) in [5, 5.41) is 0.339. The minimum atomic E-state index is 0.339. The van der Waals surface area contributed by atoms with Gasteiger partial charge in [-0.3, -0.25) is 0 Å². The second kappa shape index (κ2) is 21.2. The first-order chi connectivity index (χ1) is 20.0. The Hall–Kier alpha value is -1.57. The number of halogens is 1. The lowest BCUT2D eigenvalue weighted by Crippen LogP contribution is -2.30. The first-order valence-corrected chi connectivity index (χ1v) is 17.5. The van der Waals surface area contributed by atoms with E-state index in [-0.39, 0.29) is 0 Å². The second-order valence-electron chi connectivity index (χ2n) is 12.4. The standard InChI is InChI=1S/C29H39Cl.C8H17N.C2H6/c1-22(2)11-7-4-5-10-14-28-27(19-20-29(28)30)26-17-15-25(16-18-26)23(3)21-24-12-8-6-9-13-24;1-2-6-9-7-4-3-5-8-9;1-2/h5-6,8-10,12-13,15-17,23,26-29H,1,4,7,11,14,18-21H2,2-3H3;2-8H2,1H3;1-2H3/b10-5-;;. The van der Waals surface area contributed by atoms with Gasteiger partial charge in [0, 0.05) is 5.38 Å². The van der Waals surface area contributed by atoms with E-state index in [1.807, 2.05) is 13.8 Å². The van der Waals surface area contributed by atoms with Crippen LogP contribution in [0.2, 0.25) is 0 Å². The van der Waals surface area contributed by atoms with Gasteiger partial charge in [-0.15, -0.1) is 18.2 Å². The highest BCUT2D eigenvalue weighted by Gasteiger charge is 2.38. The average molecular weight is 580 g/mol. The van der Waals surface area contributed by atoms with Gasteiger partial charge in [0.1, 0.15) is 0 Å². The molecule has 1 saturated carbocycles. The Kier molecular flexibility index (Phi) is 18.4. The maximum atomic E-state index is 6.76. The van der Waals surface area contributed by atoms with Crippen LogP contribution in [0.15, 0.2) is 78.4 Å². The maximum absolute atomic E-state index is 6.76. The van der Waals surface area contributed by atoms with Crippen molar-refractivity contribution in [2.45, 2.75) is 117 Å². The highest BCUT2D eigenvalue weighted by molar-refractivity contribution is 6.21. The van der Waals surface area contributed by atoms with Gasteiger partial charge in [0.25, 0.3) is 0 Å². The van der Waals surface area contributed by atoms with Crippen molar-refractivity contribution in [3.63, 3.8) is 0 Å². The van der Waals surface area contributed by atoms with E-state index in [9.17, 15) is 0 Å². The Balaban J connectivity index is 0.000000450. The molecule has 230 valence electrons. The largest absolute Gasteiger partial charge is 0.303 e. The topological polar surface area (TPSA) is 3.24 Å². The number of unbranched alkanes of at least 4 members (excludes halogenated alkanes) is 1. The van der Waals surface area contributed by atoms with Gasteiger partial charge in [0.15, 0.2) is 0 Å². The van der Waals surface area contributed by atoms with Gasteiger partial charge in [-0.05, 0) is 132 Å². The van der Waals surface area contributed by atoms with Gasteiger partial charge in [-0.2, -0.15) is 0 Å². The molecule has 0 bridgehead atoms. The predicted octanol–water partition coefficient (Wildman–Crippen LogP) is 11.6. The molecule has 0 amide bonds. The number of rotatable bonds is 12. The minimum absolute atomic E-state index is 0.339. The highest BCUT2D eigenvalue weighted by Crippen LogP contribution is 2.45. The molecule has 41 heavy (non-hydrogen) atoms. The van der Waals surface area contributed by atoms with Gasteiger partial charge in [0.2, 0.25) is 0 Å². The molecule has 1 aromatic carbocycles. The van der Waals surface area contributed by atoms with Crippen molar-refractivity contribution in [2.75, 3.05) is 19.6 Å². The van der Waals surface area contributed by atoms with Crippen LogP contribution in [0.3, 0.4) is 0 Å². The van der Waals surface area contributed by atoms with Crippen molar-refractivity contribution < 1.29 is 0 Å². The fourth-order valence-corrected chi connectivity index (χ4v) is 7.13. The van der Waals surface area contributed by atoms with Crippen LogP contribution in [0.4, 0.5) is 0 Å². The van der Waals surface area contributed by atoms with Gasteiger partial charge in [0.05, 0.1) is 0 Å². The molecule has 0 N–H and O–H groups in total. The van der Waals surface area contributed by atoms with Gasteiger partial charge < -0.3 is 4.90 Å². The Morgan fingerprint density at radius 1 is 1.07 bits per heavy atom. The Morgan fingerprint density at radius 3 is 2.44 bits per heavy atom. The van der Waals surface area contributed by atoms with Crippen LogP contribution in [0.25, 0.3) is 0 Å². The molecule has 5 unspecified atom stereocenters. The van der Waals surface area contributed by atoms with E-state index >= 15 is 0 Å². The highest BCUT2D eigenvalue weighted by atomic mass is 35.5. The number of hydrogen-bond donors (Lipinski definition) is 0. The molecule has 0 aromatic heterocycles. The smallest absolute Gasteiger partial charge is 0.0370 e. The fourth-order valence-electron chi connectivity index (χ4n) is 6.72. The Bertz CT molecular complexity index is 904. The summed E-state index contributed by atoms with van der Waals surface area (Å²) in [5.74, 6) is 2.58. The van der Waals surface area contributed by atoms with Crippen LogP contribution in [-0.2, 0) is 6.42 Å². The maximum Gasteiger partial charge on any atom is 0.0370 e. The van der Waals surface area contributed by atoms with Crippen LogP contribution >= 0.6 is 11.6 Å². The summed E-state index contributed by atoms with van der Waals surface area (Å²) < 4.78 is 0. The van der Waals surface area contributed by atoms with E-state index in [2.05, 4.69) is 93.0 Å². The van der Waals surface area contributed by atoms with Gasteiger partial charge in [-0.25, -0.2) is 0 Å². The van der Waals surface area contributed by atoms with Crippen molar-refractivity contribution in [2.24, 2.45) is 23.7 Å². The number of allylic oxidation sites excluding steroid dienone is 7. The quantitative estimate of drug-likeness (QED) is 0.135. The lowest BCUT2D eigenvalue weighted by Gasteiger charge is -2.29.